The first-order valence-electron chi connectivity index (χ1n) is 8.53. The van der Waals surface area contributed by atoms with Crippen molar-refractivity contribution < 1.29 is 9.53 Å². The van der Waals surface area contributed by atoms with Crippen LogP contribution in [0.15, 0.2) is 42.7 Å². The van der Waals surface area contributed by atoms with Gasteiger partial charge in [-0.1, -0.05) is 29.3 Å². The standard InChI is InChI=1S/C20H20ClN5O2/c1-11-4-6-14(7-5-11)19(27)26-25-18-17(22)20(24-10-23-18)28-15-8-12(2)16(21)13(3)9-15/h4-10H,22H2,1-3H3,(H,26,27)(H,23,24,25). The molecule has 7 nitrogen and oxygen atoms in total. The number of carbonyl (C=O) groups is 1. The Balaban J connectivity index is 1.74. The molecular weight excluding hydrogens is 378 g/mol. The molecule has 1 heterocycles. The Kier molecular flexibility index (Phi) is 5.65. The lowest BCUT2D eigenvalue weighted by Gasteiger charge is -2.13. The van der Waals surface area contributed by atoms with Crippen molar-refractivity contribution in [3.05, 3.63) is 70.0 Å². The van der Waals surface area contributed by atoms with Gasteiger partial charge in [-0.15, -0.1) is 0 Å². The maximum atomic E-state index is 12.2. The molecule has 8 heteroatoms. The second-order valence-corrected chi connectivity index (χ2v) is 6.74. The number of anilines is 2. The first-order valence-corrected chi connectivity index (χ1v) is 8.91. The highest BCUT2D eigenvalue weighted by molar-refractivity contribution is 6.32. The number of aryl methyl sites for hydroxylation is 3. The van der Waals surface area contributed by atoms with Crippen molar-refractivity contribution in [3.63, 3.8) is 0 Å². The lowest BCUT2D eigenvalue weighted by atomic mass is 10.1. The first-order chi connectivity index (χ1) is 13.3. The van der Waals surface area contributed by atoms with Gasteiger partial charge < -0.3 is 10.5 Å². The van der Waals surface area contributed by atoms with E-state index in [2.05, 4.69) is 20.8 Å². The van der Waals surface area contributed by atoms with E-state index in [1.807, 2.05) is 32.9 Å². The van der Waals surface area contributed by atoms with Gasteiger partial charge in [-0.3, -0.25) is 15.6 Å². The van der Waals surface area contributed by atoms with E-state index in [1.54, 1.807) is 24.3 Å². The van der Waals surface area contributed by atoms with Crippen molar-refractivity contribution in [2.75, 3.05) is 11.2 Å². The first kappa shape index (κ1) is 19.4. The van der Waals surface area contributed by atoms with Crippen molar-refractivity contribution in [2.45, 2.75) is 20.8 Å². The van der Waals surface area contributed by atoms with Crippen LogP contribution in [0.5, 0.6) is 11.6 Å². The van der Waals surface area contributed by atoms with Gasteiger partial charge in [0.05, 0.1) is 0 Å². The number of nitrogens with zero attached hydrogens (tertiary/aromatic N) is 2. The van der Waals surface area contributed by atoms with Crippen LogP contribution in [-0.2, 0) is 0 Å². The van der Waals surface area contributed by atoms with E-state index in [0.717, 1.165) is 16.7 Å². The zero-order valence-electron chi connectivity index (χ0n) is 15.7. The van der Waals surface area contributed by atoms with Gasteiger partial charge in [0.2, 0.25) is 5.88 Å². The Morgan fingerprint density at radius 1 is 1.07 bits per heavy atom. The number of hydrogen-bond donors (Lipinski definition) is 3. The van der Waals surface area contributed by atoms with Crippen molar-refractivity contribution in [1.82, 2.24) is 15.4 Å². The fourth-order valence-electron chi connectivity index (χ4n) is 2.53. The summed E-state index contributed by atoms with van der Waals surface area (Å²) in [6, 6.07) is 10.8. The predicted octanol–water partition coefficient (Wildman–Crippen LogP) is 4.19. The third-order valence-corrected chi connectivity index (χ3v) is 4.68. The van der Waals surface area contributed by atoms with Gasteiger partial charge in [-0.05, 0) is 56.2 Å². The van der Waals surface area contributed by atoms with Crippen LogP contribution in [-0.4, -0.2) is 15.9 Å². The van der Waals surface area contributed by atoms with E-state index >= 15 is 0 Å². The van der Waals surface area contributed by atoms with E-state index in [4.69, 9.17) is 22.1 Å². The van der Waals surface area contributed by atoms with Crippen LogP contribution in [0.1, 0.15) is 27.0 Å². The summed E-state index contributed by atoms with van der Waals surface area (Å²) in [5, 5.41) is 0.684. The number of amides is 1. The topological polar surface area (TPSA) is 102 Å². The van der Waals surface area contributed by atoms with Crippen LogP contribution >= 0.6 is 11.6 Å². The SMILES string of the molecule is Cc1ccc(C(=O)NNc2ncnc(Oc3cc(C)c(Cl)c(C)c3)c2N)cc1. The minimum absolute atomic E-state index is 0.164. The molecule has 0 unspecified atom stereocenters. The van der Waals surface area contributed by atoms with E-state index in [1.165, 1.54) is 6.33 Å². The summed E-state index contributed by atoms with van der Waals surface area (Å²) in [7, 11) is 0. The number of rotatable bonds is 5. The van der Waals surface area contributed by atoms with Crippen LogP contribution in [0.3, 0.4) is 0 Å². The Hall–Kier alpha value is -3.32. The largest absolute Gasteiger partial charge is 0.437 e. The van der Waals surface area contributed by atoms with Gasteiger partial charge in [-0.2, -0.15) is 4.98 Å². The van der Waals surface area contributed by atoms with Crippen molar-refractivity contribution in [1.29, 1.82) is 0 Å². The zero-order chi connectivity index (χ0) is 20.3. The fourth-order valence-corrected chi connectivity index (χ4v) is 2.64. The lowest BCUT2D eigenvalue weighted by Crippen LogP contribution is -2.30. The molecule has 0 saturated carbocycles. The highest BCUT2D eigenvalue weighted by Crippen LogP contribution is 2.32. The number of hydrazine groups is 1. The molecule has 0 radical (unpaired) electrons. The molecule has 0 bridgehead atoms. The summed E-state index contributed by atoms with van der Waals surface area (Å²) < 4.78 is 5.78. The zero-order valence-corrected chi connectivity index (χ0v) is 16.5. The number of halogens is 1. The van der Waals surface area contributed by atoms with E-state index in [-0.39, 0.29) is 23.3 Å². The molecule has 3 rings (SSSR count). The van der Waals surface area contributed by atoms with Crippen molar-refractivity contribution in [3.8, 4) is 11.6 Å². The molecule has 0 saturated heterocycles. The minimum Gasteiger partial charge on any atom is -0.437 e. The minimum atomic E-state index is -0.315. The van der Waals surface area contributed by atoms with E-state index < -0.39 is 0 Å². The highest BCUT2D eigenvalue weighted by atomic mass is 35.5. The molecule has 0 aliphatic rings. The van der Waals surface area contributed by atoms with Crippen LogP contribution in [0.2, 0.25) is 5.02 Å². The monoisotopic (exact) mass is 397 g/mol. The number of carbonyl (C=O) groups excluding carboxylic acids is 1. The second-order valence-electron chi connectivity index (χ2n) is 6.36. The summed E-state index contributed by atoms with van der Waals surface area (Å²) in [5.74, 6) is 0.639. The molecule has 0 atom stereocenters. The van der Waals surface area contributed by atoms with Gasteiger partial charge >= 0.3 is 0 Å². The number of nitrogens with two attached hydrogens (primary N) is 1. The summed E-state index contributed by atoms with van der Waals surface area (Å²) in [5.41, 5.74) is 14.9. The van der Waals surface area contributed by atoms with Crippen molar-refractivity contribution in [2.24, 2.45) is 0 Å². The smallest absolute Gasteiger partial charge is 0.269 e. The normalized spacial score (nSPS) is 10.4. The predicted molar refractivity (Wildman–Crippen MR) is 110 cm³/mol. The molecule has 0 fully saturated rings. The molecule has 144 valence electrons. The lowest BCUT2D eigenvalue weighted by molar-refractivity contribution is 0.0962. The summed E-state index contributed by atoms with van der Waals surface area (Å²) in [6.45, 7) is 5.73. The maximum absolute atomic E-state index is 12.2. The molecular formula is C20H20ClN5O2. The van der Waals surface area contributed by atoms with Crippen LogP contribution in [0, 0.1) is 20.8 Å². The number of benzene rings is 2. The Bertz CT molecular complexity index is 999. The summed E-state index contributed by atoms with van der Waals surface area (Å²) >= 11 is 6.18. The molecule has 2 aromatic carbocycles. The fraction of sp³-hybridized carbons (Fsp3) is 0.150. The van der Waals surface area contributed by atoms with Gasteiger partial charge in [0.1, 0.15) is 17.8 Å². The van der Waals surface area contributed by atoms with E-state index in [0.29, 0.717) is 16.3 Å². The average Bonchev–Trinajstić information content (AvgIpc) is 2.67. The van der Waals surface area contributed by atoms with Gasteiger partial charge in [-0.25, -0.2) is 4.98 Å². The number of nitrogens with one attached hydrogen (secondary N) is 2. The Morgan fingerprint density at radius 3 is 2.36 bits per heavy atom. The second kappa shape index (κ2) is 8.14. The quantitative estimate of drug-likeness (QED) is 0.558. The molecule has 1 amide bonds. The van der Waals surface area contributed by atoms with E-state index in [9.17, 15) is 4.79 Å². The molecule has 28 heavy (non-hydrogen) atoms. The molecule has 0 aliphatic heterocycles. The van der Waals surface area contributed by atoms with Crippen LogP contribution in [0.25, 0.3) is 0 Å². The summed E-state index contributed by atoms with van der Waals surface area (Å²) in [6.07, 6.45) is 1.29. The average molecular weight is 398 g/mol. The third-order valence-electron chi connectivity index (χ3n) is 4.08. The number of ether oxygens (including phenoxy) is 1. The number of nitrogen functional groups attached to an aromatic ring is 1. The molecule has 4 N–H and O–H groups in total. The van der Waals surface area contributed by atoms with Gasteiger partial charge in [0.25, 0.3) is 5.91 Å². The highest BCUT2D eigenvalue weighted by Gasteiger charge is 2.13. The molecule has 1 aromatic heterocycles. The third kappa shape index (κ3) is 4.32. The van der Waals surface area contributed by atoms with Crippen molar-refractivity contribution >= 4 is 29.0 Å². The van der Waals surface area contributed by atoms with Crippen LogP contribution < -0.4 is 21.3 Å². The molecule has 3 aromatic rings. The van der Waals surface area contributed by atoms with Crippen LogP contribution in [0.4, 0.5) is 11.5 Å². The van der Waals surface area contributed by atoms with Gasteiger partial charge in [0, 0.05) is 10.6 Å². The number of aromatic nitrogens is 2. The Morgan fingerprint density at radius 2 is 1.71 bits per heavy atom. The number of hydrogen-bond acceptors (Lipinski definition) is 6. The Labute approximate surface area is 167 Å². The van der Waals surface area contributed by atoms with Gasteiger partial charge in [0.15, 0.2) is 5.82 Å². The molecule has 0 spiro atoms. The molecule has 0 aliphatic carbocycles. The maximum Gasteiger partial charge on any atom is 0.269 e. The summed E-state index contributed by atoms with van der Waals surface area (Å²) in [4.78, 5) is 20.3.